The molecular weight excluding hydrogens is 423 g/mol. The van der Waals surface area contributed by atoms with Gasteiger partial charge in [-0.05, 0) is 41.5 Å². The number of aliphatic imine (C=N–C) groups is 1. The van der Waals surface area contributed by atoms with Crippen LogP contribution in [0.1, 0.15) is 41.5 Å². The van der Waals surface area contributed by atoms with Crippen molar-refractivity contribution in [1.29, 1.82) is 0 Å². The molecule has 10 heteroatoms. The SMILES string of the molecule is CC/N=C/OP(OCCOCCOCCOCCOCCOCC)N(C(C)C)C(C)C. The van der Waals surface area contributed by atoms with E-state index in [0.29, 0.717) is 91.3 Å². The molecule has 0 spiro atoms. The van der Waals surface area contributed by atoms with Gasteiger partial charge in [-0.15, -0.1) is 0 Å². The molecule has 1 unspecified atom stereocenters. The molecule has 0 aromatic carbocycles. The van der Waals surface area contributed by atoms with Gasteiger partial charge in [-0.1, -0.05) is 0 Å². The van der Waals surface area contributed by atoms with E-state index < -0.39 is 8.53 Å². The zero-order valence-corrected chi connectivity index (χ0v) is 21.3. The van der Waals surface area contributed by atoms with Crippen LogP contribution in [0.2, 0.25) is 0 Å². The predicted octanol–water partition coefficient (Wildman–Crippen LogP) is 3.52. The van der Waals surface area contributed by atoms with Crippen LogP contribution in [0, 0.1) is 0 Å². The van der Waals surface area contributed by atoms with E-state index in [-0.39, 0.29) is 0 Å². The van der Waals surface area contributed by atoms with E-state index >= 15 is 0 Å². The molecule has 0 rings (SSSR count). The molecule has 0 saturated heterocycles. The second kappa shape index (κ2) is 22.8. The van der Waals surface area contributed by atoms with Crippen LogP contribution in [0.5, 0.6) is 0 Å². The third kappa shape index (κ3) is 18.9. The molecule has 0 saturated carbocycles. The van der Waals surface area contributed by atoms with Crippen molar-refractivity contribution in [2.45, 2.75) is 53.6 Å². The average molecular weight is 469 g/mol. The van der Waals surface area contributed by atoms with Crippen molar-refractivity contribution in [3.8, 4) is 0 Å². The van der Waals surface area contributed by atoms with E-state index in [9.17, 15) is 0 Å². The molecule has 1 atom stereocenters. The smallest absolute Gasteiger partial charge is 0.322 e. The van der Waals surface area contributed by atoms with Crippen molar-refractivity contribution in [2.75, 3.05) is 79.2 Å². The lowest BCUT2D eigenvalue weighted by atomic mass is 10.3. The van der Waals surface area contributed by atoms with Crippen molar-refractivity contribution in [1.82, 2.24) is 4.67 Å². The van der Waals surface area contributed by atoms with Crippen molar-refractivity contribution in [3.63, 3.8) is 0 Å². The highest BCUT2D eigenvalue weighted by atomic mass is 31.2. The highest BCUT2D eigenvalue weighted by Crippen LogP contribution is 2.45. The van der Waals surface area contributed by atoms with Gasteiger partial charge in [-0.3, -0.25) is 4.99 Å². The standard InChI is InChI=1S/C21H45N2O7P/c1-7-22-19-30-31(23(20(3)4)21(5)6)29-18-17-28-16-15-27-14-13-26-12-11-25-10-9-24-8-2/h19-21H,7-18H2,1-6H3/b22-19+. The first-order chi connectivity index (χ1) is 15.0. The second-order valence-electron chi connectivity index (χ2n) is 6.99. The molecule has 0 aliphatic carbocycles. The maximum absolute atomic E-state index is 5.96. The van der Waals surface area contributed by atoms with Crippen molar-refractivity contribution >= 4 is 14.9 Å². The van der Waals surface area contributed by atoms with Gasteiger partial charge in [-0.2, -0.15) is 0 Å². The van der Waals surface area contributed by atoms with Gasteiger partial charge < -0.3 is 32.7 Å². The third-order valence-corrected chi connectivity index (χ3v) is 5.74. The first-order valence-corrected chi connectivity index (χ1v) is 12.4. The third-order valence-electron chi connectivity index (χ3n) is 3.76. The Labute approximate surface area is 190 Å². The summed E-state index contributed by atoms with van der Waals surface area (Å²) in [4.78, 5) is 4.13. The van der Waals surface area contributed by atoms with Gasteiger partial charge >= 0.3 is 8.53 Å². The molecule has 0 aromatic rings. The molecular formula is C21H45N2O7P. The van der Waals surface area contributed by atoms with Gasteiger partial charge in [0.1, 0.15) is 0 Å². The summed E-state index contributed by atoms with van der Waals surface area (Å²) in [5, 5.41) is 0. The Morgan fingerprint density at radius 1 is 0.677 bits per heavy atom. The van der Waals surface area contributed by atoms with Crippen LogP contribution in [0.3, 0.4) is 0 Å². The van der Waals surface area contributed by atoms with Gasteiger partial charge in [-0.25, -0.2) is 4.67 Å². The summed E-state index contributed by atoms with van der Waals surface area (Å²) in [6.07, 6.45) is 1.49. The molecule has 0 fully saturated rings. The van der Waals surface area contributed by atoms with Crippen LogP contribution in [-0.2, 0) is 32.7 Å². The normalized spacial score (nSPS) is 13.2. The number of rotatable bonds is 23. The quantitative estimate of drug-likeness (QED) is 0.0976. The molecule has 186 valence electrons. The van der Waals surface area contributed by atoms with Crippen LogP contribution in [0.4, 0.5) is 0 Å². The topological polar surface area (TPSA) is 80.2 Å². The van der Waals surface area contributed by atoms with E-state index in [1.54, 1.807) is 0 Å². The summed E-state index contributed by atoms with van der Waals surface area (Å²) in [6.45, 7) is 19.2. The molecule has 31 heavy (non-hydrogen) atoms. The monoisotopic (exact) mass is 468 g/mol. The Morgan fingerprint density at radius 3 is 1.48 bits per heavy atom. The number of hydrogen-bond donors (Lipinski definition) is 0. The molecule has 0 aliphatic rings. The Balaban J connectivity index is 3.71. The van der Waals surface area contributed by atoms with Gasteiger partial charge in [0.05, 0.1) is 66.1 Å². The first-order valence-electron chi connectivity index (χ1n) is 11.3. The molecule has 0 N–H and O–H groups in total. The Morgan fingerprint density at radius 2 is 1.10 bits per heavy atom. The molecule has 0 bridgehead atoms. The summed E-state index contributed by atoms with van der Waals surface area (Å²) in [6, 6.07) is 0.610. The first kappa shape index (κ1) is 30.6. The molecule has 0 aromatic heterocycles. The number of nitrogens with zero attached hydrogens (tertiary/aromatic N) is 2. The molecule has 9 nitrogen and oxygen atoms in total. The van der Waals surface area contributed by atoms with Crippen LogP contribution in [-0.4, -0.2) is 102 Å². The van der Waals surface area contributed by atoms with Gasteiger partial charge in [0.2, 0.25) is 0 Å². The van der Waals surface area contributed by atoms with Gasteiger partial charge in [0.15, 0.2) is 6.40 Å². The second-order valence-corrected chi connectivity index (χ2v) is 8.40. The Bertz CT molecular complexity index is 396. The van der Waals surface area contributed by atoms with Gasteiger partial charge in [0, 0.05) is 25.2 Å². The molecule has 0 radical (unpaired) electrons. The van der Waals surface area contributed by atoms with Crippen molar-refractivity contribution < 1.29 is 32.7 Å². The van der Waals surface area contributed by atoms with E-state index in [4.69, 9.17) is 32.7 Å². The van der Waals surface area contributed by atoms with Crippen LogP contribution >= 0.6 is 8.53 Å². The maximum atomic E-state index is 5.96. The van der Waals surface area contributed by atoms with Crippen molar-refractivity contribution in [3.05, 3.63) is 0 Å². The summed E-state index contributed by atoms with van der Waals surface area (Å²) in [5.41, 5.74) is 0. The fourth-order valence-electron chi connectivity index (χ4n) is 2.47. The summed E-state index contributed by atoms with van der Waals surface area (Å²) in [5.74, 6) is 0. The lowest BCUT2D eigenvalue weighted by Gasteiger charge is -2.34. The predicted molar refractivity (Wildman–Crippen MR) is 125 cm³/mol. The lowest BCUT2D eigenvalue weighted by molar-refractivity contribution is -0.0121. The van der Waals surface area contributed by atoms with E-state index in [2.05, 4.69) is 37.4 Å². The lowest BCUT2D eigenvalue weighted by Crippen LogP contribution is -2.33. The highest BCUT2D eigenvalue weighted by Gasteiger charge is 2.27. The fraction of sp³-hybridized carbons (Fsp3) is 0.952. The minimum Gasteiger partial charge on any atom is -0.425 e. The molecule has 0 amide bonds. The van der Waals surface area contributed by atoms with Crippen molar-refractivity contribution in [2.24, 2.45) is 4.99 Å². The average Bonchev–Trinajstić information content (AvgIpc) is 2.72. The zero-order valence-electron chi connectivity index (χ0n) is 20.4. The molecule has 0 heterocycles. The summed E-state index contributed by atoms with van der Waals surface area (Å²) >= 11 is 0. The van der Waals surface area contributed by atoms with E-state index in [1.807, 2.05) is 13.8 Å². The van der Waals surface area contributed by atoms with Crippen LogP contribution in [0.25, 0.3) is 0 Å². The minimum absolute atomic E-state index is 0.305. The Hall–Kier alpha value is -0.380. The summed E-state index contributed by atoms with van der Waals surface area (Å²) < 4.78 is 41.0. The molecule has 0 aliphatic heterocycles. The minimum atomic E-state index is -1.22. The number of hydrogen-bond acceptors (Lipinski definition) is 9. The van der Waals surface area contributed by atoms with Crippen LogP contribution < -0.4 is 0 Å². The fourth-order valence-corrected chi connectivity index (χ4v) is 3.91. The maximum Gasteiger partial charge on any atom is 0.322 e. The highest BCUT2D eigenvalue weighted by molar-refractivity contribution is 7.45. The Kier molecular flexibility index (Phi) is 22.5. The zero-order chi connectivity index (χ0) is 23.2. The van der Waals surface area contributed by atoms with E-state index in [0.717, 1.165) is 0 Å². The largest absolute Gasteiger partial charge is 0.425 e. The van der Waals surface area contributed by atoms with Gasteiger partial charge in [0.25, 0.3) is 0 Å². The summed E-state index contributed by atoms with van der Waals surface area (Å²) in [7, 11) is -1.22. The van der Waals surface area contributed by atoms with Crippen LogP contribution in [0.15, 0.2) is 4.99 Å². The number of ether oxygens (including phenoxy) is 5. The van der Waals surface area contributed by atoms with E-state index in [1.165, 1.54) is 6.40 Å².